The van der Waals surface area contributed by atoms with Crippen LogP contribution >= 0.6 is 11.6 Å². The number of hydrogen-bond donors (Lipinski definition) is 2. The smallest absolute Gasteiger partial charge is 0.250 e. The fourth-order valence-electron chi connectivity index (χ4n) is 2.74. The Labute approximate surface area is 173 Å². The molecule has 9 heteroatoms. The van der Waals surface area contributed by atoms with E-state index >= 15 is 0 Å². The summed E-state index contributed by atoms with van der Waals surface area (Å²) in [5.41, 5.74) is 4.69. The van der Waals surface area contributed by atoms with Crippen LogP contribution in [0, 0.1) is 0 Å². The SMILES string of the molecule is Clc1ccc(/C=N/Nc2nc(Nc3ccccc3)nc(N3CCOCC3)n2)cc1. The number of benzene rings is 2. The molecule has 0 aliphatic carbocycles. The van der Waals surface area contributed by atoms with Crippen molar-refractivity contribution in [1.82, 2.24) is 15.0 Å². The van der Waals surface area contributed by atoms with Gasteiger partial charge in [-0.05, 0) is 29.8 Å². The van der Waals surface area contributed by atoms with Crippen LogP contribution in [0.25, 0.3) is 0 Å². The first-order chi connectivity index (χ1) is 14.3. The molecule has 0 bridgehead atoms. The minimum Gasteiger partial charge on any atom is -0.378 e. The molecule has 2 heterocycles. The van der Waals surface area contributed by atoms with Crippen molar-refractivity contribution in [2.75, 3.05) is 41.9 Å². The average Bonchev–Trinajstić information content (AvgIpc) is 2.76. The third kappa shape index (κ3) is 5.40. The van der Waals surface area contributed by atoms with Crippen molar-refractivity contribution in [3.05, 3.63) is 65.2 Å². The Morgan fingerprint density at radius 3 is 2.41 bits per heavy atom. The van der Waals surface area contributed by atoms with E-state index in [0.29, 0.717) is 36.1 Å². The first-order valence-electron chi connectivity index (χ1n) is 9.22. The molecule has 1 aliphatic heterocycles. The number of hydrazone groups is 1. The molecule has 0 atom stereocenters. The number of nitrogens with zero attached hydrogens (tertiary/aromatic N) is 5. The van der Waals surface area contributed by atoms with Gasteiger partial charge in [-0.25, -0.2) is 5.43 Å². The molecule has 0 radical (unpaired) electrons. The van der Waals surface area contributed by atoms with Gasteiger partial charge in [0.05, 0.1) is 19.4 Å². The maximum absolute atomic E-state index is 5.91. The van der Waals surface area contributed by atoms with Crippen LogP contribution in [0.5, 0.6) is 0 Å². The molecule has 0 amide bonds. The normalized spacial score (nSPS) is 14.2. The van der Waals surface area contributed by atoms with Gasteiger partial charge >= 0.3 is 0 Å². The topological polar surface area (TPSA) is 87.6 Å². The summed E-state index contributed by atoms with van der Waals surface area (Å²) in [4.78, 5) is 15.6. The van der Waals surface area contributed by atoms with Crippen molar-refractivity contribution >= 4 is 41.3 Å². The van der Waals surface area contributed by atoms with Gasteiger partial charge in [0.15, 0.2) is 0 Å². The van der Waals surface area contributed by atoms with E-state index in [1.807, 2.05) is 54.6 Å². The molecule has 2 aromatic carbocycles. The van der Waals surface area contributed by atoms with Crippen molar-refractivity contribution in [2.45, 2.75) is 0 Å². The highest BCUT2D eigenvalue weighted by molar-refractivity contribution is 6.30. The Morgan fingerprint density at radius 2 is 1.66 bits per heavy atom. The summed E-state index contributed by atoms with van der Waals surface area (Å²) < 4.78 is 5.42. The summed E-state index contributed by atoms with van der Waals surface area (Å²) >= 11 is 5.91. The second kappa shape index (κ2) is 9.31. The Hall–Kier alpha value is -3.23. The Balaban J connectivity index is 1.55. The number of halogens is 1. The van der Waals surface area contributed by atoms with E-state index < -0.39 is 0 Å². The van der Waals surface area contributed by atoms with Crippen molar-refractivity contribution in [2.24, 2.45) is 5.10 Å². The van der Waals surface area contributed by atoms with Crippen LogP contribution in [0.3, 0.4) is 0 Å². The van der Waals surface area contributed by atoms with Crippen molar-refractivity contribution < 1.29 is 4.74 Å². The molecule has 0 saturated carbocycles. The van der Waals surface area contributed by atoms with Crippen LogP contribution in [-0.2, 0) is 4.74 Å². The van der Waals surface area contributed by atoms with Crippen molar-refractivity contribution in [1.29, 1.82) is 0 Å². The highest BCUT2D eigenvalue weighted by Gasteiger charge is 2.16. The van der Waals surface area contributed by atoms with Crippen LogP contribution in [0.2, 0.25) is 5.02 Å². The van der Waals surface area contributed by atoms with E-state index in [0.717, 1.165) is 24.3 Å². The maximum Gasteiger partial charge on any atom is 0.250 e. The lowest BCUT2D eigenvalue weighted by Gasteiger charge is -2.27. The van der Waals surface area contributed by atoms with Gasteiger partial charge in [0.2, 0.25) is 17.8 Å². The van der Waals surface area contributed by atoms with Gasteiger partial charge in [0.1, 0.15) is 0 Å². The monoisotopic (exact) mass is 409 g/mol. The molecule has 1 saturated heterocycles. The summed E-state index contributed by atoms with van der Waals surface area (Å²) in [5.74, 6) is 1.37. The lowest BCUT2D eigenvalue weighted by atomic mass is 10.2. The molecular formula is C20H20ClN7O. The van der Waals surface area contributed by atoms with Gasteiger partial charge in [0.25, 0.3) is 0 Å². The molecule has 0 spiro atoms. The predicted octanol–water partition coefficient (Wildman–Crippen LogP) is 3.55. The van der Waals surface area contributed by atoms with Gasteiger partial charge in [-0.3, -0.25) is 0 Å². The molecule has 1 aliphatic rings. The van der Waals surface area contributed by atoms with Gasteiger partial charge in [-0.1, -0.05) is 41.9 Å². The van der Waals surface area contributed by atoms with Gasteiger partial charge in [-0.2, -0.15) is 20.1 Å². The number of hydrogen-bond acceptors (Lipinski definition) is 8. The second-order valence-corrected chi connectivity index (χ2v) is 6.73. The molecule has 8 nitrogen and oxygen atoms in total. The first kappa shape index (κ1) is 19.1. The fraction of sp³-hybridized carbons (Fsp3) is 0.200. The molecule has 4 rings (SSSR count). The summed E-state index contributed by atoms with van der Waals surface area (Å²) in [6.45, 7) is 2.74. The van der Waals surface area contributed by atoms with Crippen LogP contribution in [0.1, 0.15) is 5.56 Å². The van der Waals surface area contributed by atoms with Crippen LogP contribution in [0.15, 0.2) is 59.7 Å². The number of morpholine rings is 1. The Morgan fingerprint density at radius 1 is 0.931 bits per heavy atom. The quantitative estimate of drug-likeness (QED) is 0.475. The van der Waals surface area contributed by atoms with Crippen molar-refractivity contribution in [3.63, 3.8) is 0 Å². The van der Waals surface area contributed by atoms with Gasteiger partial charge < -0.3 is 15.0 Å². The summed E-state index contributed by atoms with van der Waals surface area (Å²) in [6, 6.07) is 17.1. The average molecular weight is 410 g/mol. The highest BCUT2D eigenvalue weighted by atomic mass is 35.5. The Kier molecular flexibility index (Phi) is 6.13. The van der Waals surface area contributed by atoms with Crippen LogP contribution in [0.4, 0.5) is 23.5 Å². The molecule has 3 aromatic rings. The number of aromatic nitrogens is 3. The van der Waals surface area contributed by atoms with Crippen molar-refractivity contribution in [3.8, 4) is 0 Å². The molecule has 2 N–H and O–H groups in total. The lowest BCUT2D eigenvalue weighted by Crippen LogP contribution is -2.37. The minimum atomic E-state index is 0.352. The van der Waals surface area contributed by atoms with E-state index in [1.165, 1.54) is 0 Å². The van der Waals surface area contributed by atoms with E-state index in [1.54, 1.807) is 6.21 Å². The summed E-state index contributed by atoms with van der Waals surface area (Å²) in [5, 5.41) is 8.13. The fourth-order valence-corrected chi connectivity index (χ4v) is 2.87. The zero-order valence-corrected chi connectivity index (χ0v) is 16.4. The van der Waals surface area contributed by atoms with Crippen LogP contribution < -0.4 is 15.6 Å². The molecule has 29 heavy (non-hydrogen) atoms. The summed E-state index contributed by atoms with van der Waals surface area (Å²) in [6.07, 6.45) is 1.68. The third-order valence-corrected chi connectivity index (χ3v) is 4.45. The molecular weight excluding hydrogens is 390 g/mol. The van der Waals surface area contributed by atoms with Gasteiger partial charge in [0, 0.05) is 23.8 Å². The predicted molar refractivity (Wildman–Crippen MR) is 115 cm³/mol. The second-order valence-electron chi connectivity index (χ2n) is 6.29. The zero-order valence-electron chi connectivity index (χ0n) is 15.6. The molecule has 1 fully saturated rings. The van der Waals surface area contributed by atoms with Gasteiger partial charge in [-0.15, -0.1) is 0 Å². The number of anilines is 4. The number of ether oxygens (including phenoxy) is 1. The number of nitrogens with one attached hydrogen (secondary N) is 2. The lowest BCUT2D eigenvalue weighted by molar-refractivity contribution is 0.122. The number of para-hydroxylation sites is 1. The zero-order chi connectivity index (χ0) is 19.9. The van der Waals surface area contributed by atoms with E-state index in [2.05, 4.69) is 35.7 Å². The standard InChI is InChI=1S/C20H20ClN7O/c21-16-8-6-15(7-9-16)14-22-27-19-24-18(23-17-4-2-1-3-5-17)25-20(26-19)28-10-12-29-13-11-28/h1-9,14H,10-13H2,(H2,23,24,25,26,27)/b22-14+. The maximum atomic E-state index is 5.91. The van der Waals surface area contributed by atoms with E-state index in [9.17, 15) is 0 Å². The minimum absolute atomic E-state index is 0.352. The van der Waals surface area contributed by atoms with E-state index in [4.69, 9.17) is 16.3 Å². The molecule has 0 unspecified atom stereocenters. The molecule has 148 valence electrons. The molecule has 1 aromatic heterocycles. The third-order valence-electron chi connectivity index (χ3n) is 4.20. The first-order valence-corrected chi connectivity index (χ1v) is 9.59. The van der Waals surface area contributed by atoms with Crippen LogP contribution in [-0.4, -0.2) is 47.5 Å². The van der Waals surface area contributed by atoms with E-state index in [-0.39, 0.29) is 0 Å². The number of rotatable bonds is 6. The Bertz CT molecular complexity index is 960. The largest absolute Gasteiger partial charge is 0.378 e. The highest BCUT2D eigenvalue weighted by Crippen LogP contribution is 2.18. The summed E-state index contributed by atoms with van der Waals surface area (Å²) in [7, 11) is 0.